The Morgan fingerprint density at radius 1 is 1.17 bits per heavy atom. The zero-order chi connectivity index (χ0) is 20.0. The fourth-order valence-electron chi connectivity index (χ4n) is 4.52. The van der Waals surface area contributed by atoms with Gasteiger partial charge in [-0.3, -0.25) is 19.1 Å². The van der Waals surface area contributed by atoms with Crippen LogP contribution in [0.3, 0.4) is 0 Å². The Hall–Kier alpha value is -3.03. The number of piperidine rings is 1. The summed E-state index contributed by atoms with van der Waals surface area (Å²) in [5.41, 5.74) is 2.80. The largest absolute Gasteiger partial charge is 0.342 e. The third-order valence-electron chi connectivity index (χ3n) is 6.21. The summed E-state index contributed by atoms with van der Waals surface area (Å²) < 4.78 is 3.27. The Labute approximate surface area is 167 Å². The molecular weight excluding hydrogens is 368 g/mol. The number of anilines is 1. The monoisotopic (exact) mass is 392 g/mol. The van der Waals surface area contributed by atoms with Crippen LogP contribution in [0.1, 0.15) is 30.5 Å². The fourth-order valence-corrected chi connectivity index (χ4v) is 4.52. The lowest BCUT2D eigenvalue weighted by Crippen LogP contribution is -2.40. The zero-order valence-corrected chi connectivity index (χ0v) is 16.5. The minimum Gasteiger partial charge on any atom is -0.342 e. The molecule has 1 aliphatic carbocycles. The van der Waals surface area contributed by atoms with Crippen LogP contribution in [-0.4, -0.2) is 37.4 Å². The van der Waals surface area contributed by atoms with Crippen molar-refractivity contribution in [2.45, 2.75) is 38.6 Å². The second kappa shape index (κ2) is 7.09. The first-order valence-electron chi connectivity index (χ1n) is 10.3. The summed E-state index contributed by atoms with van der Waals surface area (Å²) in [6, 6.07) is 3.48. The number of aryl methyl sites for hydroxylation is 2. The van der Waals surface area contributed by atoms with Crippen molar-refractivity contribution in [1.82, 2.24) is 24.3 Å². The van der Waals surface area contributed by atoms with Crippen molar-refractivity contribution in [3.05, 3.63) is 56.5 Å². The van der Waals surface area contributed by atoms with Crippen LogP contribution in [0.25, 0.3) is 10.9 Å². The van der Waals surface area contributed by atoms with E-state index in [1.54, 1.807) is 40.8 Å². The molecule has 8 heteroatoms. The molecule has 1 fully saturated rings. The van der Waals surface area contributed by atoms with Gasteiger partial charge in [0.05, 0.1) is 22.8 Å². The highest BCUT2D eigenvalue weighted by molar-refractivity contribution is 5.77. The molecule has 29 heavy (non-hydrogen) atoms. The number of nitrogens with zero attached hydrogens (tertiary/aromatic N) is 6. The molecule has 3 aromatic heterocycles. The normalized spacial score (nSPS) is 17.1. The van der Waals surface area contributed by atoms with Crippen LogP contribution in [0.5, 0.6) is 0 Å². The van der Waals surface area contributed by atoms with E-state index in [9.17, 15) is 9.59 Å². The summed E-state index contributed by atoms with van der Waals surface area (Å²) in [5, 5.41) is 5.20. The van der Waals surface area contributed by atoms with Gasteiger partial charge in [0.2, 0.25) is 5.95 Å². The van der Waals surface area contributed by atoms with Gasteiger partial charge in [0.25, 0.3) is 11.1 Å². The van der Waals surface area contributed by atoms with Crippen LogP contribution in [-0.2, 0) is 26.4 Å². The highest BCUT2D eigenvalue weighted by Gasteiger charge is 2.24. The van der Waals surface area contributed by atoms with Gasteiger partial charge in [-0.15, -0.1) is 0 Å². The van der Waals surface area contributed by atoms with E-state index in [0.717, 1.165) is 56.5 Å². The first kappa shape index (κ1) is 18.0. The molecule has 3 aromatic rings. The summed E-state index contributed by atoms with van der Waals surface area (Å²) in [6.45, 7) is 2.26. The van der Waals surface area contributed by atoms with E-state index < -0.39 is 0 Å². The molecule has 0 N–H and O–H groups in total. The van der Waals surface area contributed by atoms with E-state index >= 15 is 0 Å². The second-order valence-electron chi connectivity index (χ2n) is 8.09. The summed E-state index contributed by atoms with van der Waals surface area (Å²) >= 11 is 0. The van der Waals surface area contributed by atoms with Crippen LogP contribution in [0.15, 0.2) is 34.1 Å². The Kier molecular flexibility index (Phi) is 4.41. The van der Waals surface area contributed by atoms with Gasteiger partial charge in [0.1, 0.15) is 0 Å². The third-order valence-corrected chi connectivity index (χ3v) is 6.21. The van der Waals surface area contributed by atoms with Gasteiger partial charge in [-0.1, -0.05) is 0 Å². The highest BCUT2D eigenvalue weighted by atomic mass is 16.1. The number of pyridine rings is 1. The van der Waals surface area contributed by atoms with Gasteiger partial charge in [0, 0.05) is 38.9 Å². The van der Waals surface area contributed by atoms with E-state index in [-0.39, 0.29) is 11.1 Å². The molecule has 0 unspecified atom stereocenters. The molecule has 1 saturated heterocycles. The molecule has 1 aliphatic heterocycles. The maximum absolute atomic E-state index is 12.6. The van der Waals surface area contributed by atoms with Crippen LogP contribution in [0.4, 0.5) is 5.95 Å². The van der Waals surface area contributed by atoms with Gasteiger partial charge >= 0.3 is 0 Å². The summed E-state index contributed by atoms with van der Waals surface area (Å²) in [5.74, 6) is 1.08. The van der Waals surface area contributed by atoms with Crippen molar-refractivity contribution in [2.75, 3.05) is 18.0 Å². The van der Waals surface area contributed by atoms with Gasteiger partial charge < -0.3 is 4.90 Å². The molecule has 5 rings (SSSR count). The number of fused-ring (bicyclic) bond motifs is 2. The van der Waals surface area contributed by atoms with E-state index in [1.165, 1.54) is 0 Å². The molecule has 150 valence electrons. The molecule has 0 bridgehead atoms. The molecule has 0 saturated carbocycles. The molecule has 2 aliphatic rings. The molecule has 8 nitrogen and oxygen atoms in total. The molecule has 4 heterocycles. The zero-order valence-electron chi connectivity index (χ0n) is 16.5. The van der Waals surface area contributed by atoms with Crippen molar-refractivity contribution >= 4 is 16.9 Å². The van der Waals surface area contributed by atoms with Crippen LogP contribution >= 0.6 is 0 Å². The highest BCUT2D eigenvalue weighted by Crippen LogP contribution is 2.23. The Bertz CT molecular complexity index is 1190. The molecule has 0 spiro atoms. The van der Waals surface area contributed by atoms with Crippen molar-refractivity contribution in [3.8, 4) is 0 Å². The minimum atomic E-state index is -0.0524. The summed E-state index contributed by atoms with van der Waals surface area (Å²) in [6.07, 6.45) is 8.17. The van der Waals surface area contributed by atoms with Crippen molar-refractivity contribution in [2.24, 2.45) is 13.0 Å². The van der Waals surface area contributed by atoms with E-state index in [0.29, 0.717) is 29.3 Å². The lowest BCUT2D eigenvalue weighted by molar-refractivity contribution is 0.331. The van der Waals surface area contributed by atoms with Gasteiger partial charge in [-0.05, 0) is 49.7 Å². The molecule has 0 radical (unpaired) electrons. The number of hydrogen-bond donors (Lipinski definition) is 0. The first-order valence-corrected chi connectivity index (χ1v) is 10.3. The van der Waals surface area contributed by atoms with Crippen molar-refractivity contribution < 1.29 is 0 Å². The predicted octanol–water partition coefficient (Wildman–Crippen LogP) is 1.29. The molecule has 0 atom stereocenters. The quantitative estimate of drug-likeness (QED) is 0.668. The first-order chi connectivity index (χ1) is 14.1. The topological polar surface area (TPSA) is 85.9 Å². The minimum absolute atomic E-state index is 0.0131. The van der Waals surface area contributed by atoms with Crippen molar-refractivity contribution in [3.63, 3.8) is 0 Å². The lowest BCUT2D eigenvalue weighted by atomic mass is 9.97. The Balaban J connectivity index is 1.32. The number of aromatic nitrogens is 5. The summed E-state index contributed by atoms with van der Waals surface area (Å²) in [7, 11) is 1.77. The maximum Gasteiger partial charge on any atom is 0.267 e. The Morgan fingerprint density at radius 2 is 2.00 bits per heavy atom. The van der Waals surface area contributed by atoms with Crippen LogP contribution in [0.2, 0.25) is 0 Å². The molecule has 0 amide bonds. The van der Waals surface area contributed by atoms with Gasteiger partial charge in [-0.2, -0.15) is 5.10 Å². The Morgan fingerprint density at radius 3 is 2.83 bits per heavy atom. The van der Waals surface area contributed by atoms with Gasteiger partial charge in [-0.25, -0.2) is 9.67 Å². The number of hydrogen-bond acceptors (Lipinski definition) is 6. The van der Waals surface area contributed by atoms with Crippen molar-refractivity contribution in [1.29, 1.82) is 0 Å². The smallest absolute Gasteiger partial charge is 0.267 e. The van der Waals surface area contributed by atoms with E-state index in [1.807, 2.05) is 0 Å². The standard InChI is InChI=1S/C21H24N6O2/c1-25-20(29)16-5-8-22-12-18(16)23-21(25)26-9-6-14(7-10-26)13-27-19(28)11-15-3-2-4-17(15)24-27/h5,8,11-12,14H,2-4,6-7,9-10,13H2,1H3. The maximum atomic E-state index is 12.6. The second-order valence-corrected chi connectivity index (χ2v) is 8.09. The van der Waals surface area contributed by atoms with E-state index in [2.05, 4.69) is 20.0 Å². The molecule has 0 aromatic carbocycles. The average Bonchev–Trinajstić information content (AvgIpc) is 3.19. The fraction of sp³-hybridized carbons (Fsp3) is 0.476. The van der Waals surface area contributed by atoms with E-state index in [4.69, 9.17) is 0 Å². The van der Waals surface area contributed by atoms with Gasteiger partial charge in [0.15, 0.2) is 0 Å². The lowest BCUT2D eigenvalue weighted by Gasteiger charge is -2.33. The van der Waals surface area contributed by atoms with Crippen LogP contribution in [0, 0.1) is 5.92 Å². The SMILES string of the molecule is Cn1c(N2CCC(Cn3nc4c(cc3=O)CCC4)CC2)nc2cnccc2c1=O. The third kappa shape index (κ3) is 3.22. The average molecular weight is 392 g/mol. The predicted molar refractivity (Wildman–Crippen MR) is 110 cm³/mol. The number of rotatable bonds is 3. The molecular formula is C21H24N6O2. The summed E-state index contributed by atoms with van der Waals surface area (Å²) in [4.78, 5) is 36.0. The van der Waals surface area contributed by atoms with Crippen LogP contribution < -0.4 is 16.0 Å².